The topological polar surface area (TPSA) is 54.7 Å². The maximum absolute atomic E-state index is 5.51. The van der Waals surface area contributed by atoms with Crippen LogP contribution in [0.25, 0.3) is 22.4 Å². The highest BCUT2D eigenvalue weighted by molar-refractivity contribution is 7.71. The van der Waals surface area contributed by atoms with E-state index in [1.54, 1.807) is 0 Å². The highest BCUT2D eigenvalue weighted by Crippen LogP contribution is 2.32. The number of aromatic nitrogens is 3. The lowest BCUT2D eigenvalue weighted by Crippen LogP contribution is -2.13. The molecule has 5 heteroatoms. The number of benzene rings is 1. The first-order valence-corrected chi connectivity index (χ1v) is 7.23. The summed E-state index contributed by atoms with van der Waals surface area (Å²) in [6.07, 6.45) is 0. The molecular weight excluding hydrogens is 282 g/mol. The first-order chi connectivity index (χ1) is 9.84. The summed E-state index contributed by atoms with van der Waals surface area (Å²) in [6.45, 7) is 8.47. The zero-order valence-electron chi connectivity index (χ0n) is 12.5. The molecular formula is C16H17N3OS. The Balaban J connectivity index is 2.38. The Kier molecular flexibility index (Phi) is 3.17. The van der Waals surface area contributed by atoms with Gasteiger partial charge in [-0.25, -0.2) is 5.10 Å². The number of nitrogens with zero attached hydrogens (tertiary/aromatic N) is 2. The molecule has 3 aromatic rings. The Morgan fingerprint density at radius 3 is 2.57 bits per heavy atom. The van der Waals surface area contributed by atoms with E-state index < -0.39 is 0 Å². The molecule has 0 aliphatic heterocycles. The van der Waals surface area contributed by atoms with E-state index in [2.05, 4.69) is 50.0 Å². The molecule has 2 aromatic heterocycles. The fourth-order valence-corrected chi connectivity index (χ4v) is 2.37. The molecule has 1 aromatic carbocycles. The van der Waals surface area contributed by atoms with Crippen LogP contribution in [-0.2, 0) is 5.41 Å². The summed E-state index contributed by atoms with van der Waals surface area (Å²) < 4.78 is 5.51. The van der Waals surface area contributed by atoms with Gasteiger partial charge in [0.1, 0.15) is 0 Å². The predicted molar refractivity (Wildman–Crippen MR) is 85.9 cm³/mol. The van der Waals surface area contributed by atoms with Crippen LogP contribution in [0.15, 0.2) is 28.7 Å². The van der Waals surface area contributed by atoms with Crippen molar-refractivity contribution in [3.63, 3.8) is 0 Å². The standard InChI is InChI=1S/C16H17N3OS/c1-9-5-6-12-10(7-9)11(14-18-19-15(21)20-14)8-13(17-12)16(2,3)4/h5-8H,1-4H3,(H,19,21). The van der Waals surface area contributed by atoms with Crippen LogP contribution in [0.5, 0.6) is 0 Å². The SMILES string of the molecule is Cc1ccc2nc(C(C)(C)C)cc(-c3n[nH]c(=S)o3)c2c1. The second-order valence-corrected chi connectivity index (χ2v) is 6.61. The van der Waals surface area contributed by atoms with Crippen molar-refractivity contribution in [3.8, 4) is 11.5 Å². The van der Waals surface area contributed by atoms with Crippen molar-refractivity contribution in [3.05, 3.63) is 40.4 Å². The predicted octanol–water partition coefficient (Wildman–Crippen LogP) is 4.55. The molecule has 0 radical (unpaired) electrons. The van der Waals surface area contributed by atoms with Gasteiger partial charge in [-0.1, -0.05) is 32.4 Å². The van der Waals surface area contributed by atoms with Crippen molar-refractivity contribution >= 4 is 23.1 Å². The Morgan fingerprint density at radius 1 is 1.19 bits per heavy atom. The summed E-state index contributed by atoms with van der Waals surface area (Å²) in [5, 5.41) is 7.87. The zero-order valence-corrected chi connectivity index (χ0v) is 13.3. The summed E-state index contributed by atoms with van der Waals surface area (Å²) in [5.41, 5.74) is 3.97. The van der Waals surface area contributed by atoms with Gasteiger partial charge in [-0.15, -0.1) is 5.10 Å². The second kappa shape index (κ2) is 4.77. The van der Waals surface area contributed by atoms with Gasteiger partial charge >= 0.3 is 0 Å². The number of rotatable bonds is 1. The van der Waals surface area contributed by atoms with Crippen LogP contribution in [0.3, 0.4) is 0 Å². The zero-order chi connectivity index (χ0) is 15.2. The number of fused-ring (bicyclic) bond motifs is 1. The quantitative estimate of drug-likeness (QED) is 0.670. The summed E-state index contributed by atoms with van der Waals surface area (Å²) in [5.74, 6) is 0.503. The van der Waals surface area contributed by atoms with Gasteiger partial charge < -0.3 is 4.42 Å². The van der Waals surface area contributed by atoms with Gasteiger partial charge in [-0.05, 0) is 37.3 Å². The van der Waals surface area contributed by atoms with Crippen LogP contribution in [0.1, 0.15) is 32.0 Å². The molecule has 2 heterocycles. The molecule has 0 amide bonds. The summed E-state index contributed by atoms with van der Waals surface area (Å²) >= 11 is 4.99. The van der Waals surface area contributed by atoms with Crippen molar-refractivity contribution in [2.45, 2.75) is 33.1 Å². The van der Waals surface area contributed by atoms with Gasteiger partial charge in [0.15, 0.2) is 0 Å². The first-order valence-electron chi connectivity index (χ1n) is 6.82. The number of aryl methyl sites for hydroxylation is 1. The van der Waals surface area contributed by atoms with Gasteiger partial charge in [0.25, 0.3) is 4.84 Å². The van der Waals surface area contributed by atoms with Crippen LogP contribution < -0.4 is 0 Å². The Hall–Kier alpha value is -2.01. The maximum atomic E-state index is 5.51. The van der Waals surface area contributed by atoms with Crippen molar-refractivity contribution in [2.24, 2.45) is 0 Å². The smallest absolute Gasteiger partial charge is 0.284 e. The van der Waals surface area contributed by atoms with E-state index in [1.807, 2.05) is 12.1 Å². The van der Waals surface area contributed by atoms with Crippen LogP contribution in [0.4, 0.5) is 0 Å². The van der Waals surface area contributed by atoms with Crippen molar-refractivity contribution in [1.82, 2.24) is 15.2 Å². The highest BCUT2D eigenvalue weighted by Gasteiger charge is 2.20. The van der Waals surface area contributed by atoms with Crippen molar-refractivity contribution < 1.29 is 4.42 Å². The largest absolute Gasteiger partial charge is 0.409 e. The lowest BCUT2D eigenvalue weighted by Gasteiger charge is -2.19. The second-order valence-electron chi connectivity index (χ2n) is 6.24. The van der Waals surface area contributed by atoms with Gasteiger partial charge in [0, 0.05) is 22.1 Å². The number of pyridine rings is 1. The molecule has 0 bridgehead atoms. The third-order valence-electron chi connectivity index (χ3n) is 3.40. The van der Waals surface area contributed by atoms with Crippen molar-refractivity contribution in [2.75, 3.05) is 0 Å². The molecule has 21 heavy (non-hydrogen) atoms. The minimum atomic E-state index is -0.0546. The third kappa shape index (κ3) is 2.61. The fraction of sp³-hybridized carbons (Fsp3) is 0.312. The Bertz CT molecular complexity index is 871. The van der Waals surface area contributed by atoms with Crippen LogP contribution in [0, 0.1) is 11.8 Å². The lowest BCUT2D eigenvalue weighted by molar-refractivity contribution is 0.550. The highest BCUT2D eigenvalue weighted by atomic mass is 32.1. The van der Waals surface area contributed by atoms with Gasteiger partial charge in [0.05, 0.1) is 5.52 Å². The average molecular weight is 299 g/mol. The van der Waals surface area contributed by atoms with E-state index in [0.717, 1.165) is 22.2 Å². The molecule has 0 unspecified atom stereocenters. The normalized spacial score (nSPS) is 12.0. The molecule has 0 saturated carbocycles. The van der Waals surface area contributed by atoms with Crippen LogP contribution >= 0.6 is 12.2 Å². The number of aromatic amines is 1. The average Bonchev–Trinajstić information content (AvgIpc) is 2.83. The fourth-order valence-electron chi connectivity index (χ4n) is 2.25. The Labute approximate surface area is 128 Å². The van der Waals surface area contributed by atoms with Crippen LogP contribution in [-0.4, -0.2) is 15.2 Å². The maximum Gasteiger partial charge on any atom is 0.284 e. The monoisotopic (exact) mass is 299 g/mol. The van der Waals surface area contributed by atoms with Gasteiger partial charge in [-0.3, -0.25) is 4.98 Å². The van der Waals surface area contributed by atoms with E-state index >= 15 is 0 Å². The minimum Gasteiger partial charge on any atom is -0.409 e. The molecule has 0 saturated heterocycles. The van der Waals surface area contributed by atoms with Crippen LogP contribution in [0.2, 0.25) is 0 Å². The summed E-state index contributed by atoms with van der Waals surface area (Å²) in [4.78, 5) is 5.05. The van der Waals surface area contributed by atoms with E-state index in [-0.39, 0.29) is 10.3 Å². The summed E-state index contributed by atoms with van der Waals surface area (Å²) in [7, 11) is 0. The molecule has 0 aliphatic rings. The number of H-pyrrole nitrogens is 1. The first kappa shape index (κ1) is 13.9. The van der Waals surface area contributed by atoms with Gasteiger partial charge in [-0.2, -0.15) is 0 Å². The molecule has 4 nitrogen and oxygen atoms in total. The van der Waals surface area contributed by atoms with E-state index in [0.29, 0.717) is 5.89 Å². The molecule has 0 atom stereocenters. The minimum absolute atomic E-state index is 0.0546. The number of hydrogen-bond donors (Lipinski definition) is 1. The molecule has 0 fully saturated rings. The van der Waals surface area contributed by atoms with Gasteiger partial charge in [0.2, 0.25) is 5.89 Å². The van der Waals surface area contributed by atoms with E-state index in [4.69, 9.17) is 21.6 Å². The molecule has 108 valence electrons. The number of hydrogen-bond acceptors (Lipinski definition) is 4. The van der Waals surface area contributed by atoms with E-state index in [1.165, 1.54) is 5.56 Å². The lowest BCUT2D eigenvalue weighted by atomic mass is 9.89. The summed E-state index contributed by atoms with van der Waals surface area (Å²) in [6, 6.07) is 8.23. The number of nitrogens with one attached hydrogen (secondary N) is 1. The molecule has 0 spiro atoms. The molecule has 1 N–H and O–H groups in total. The molecule has 0 aliphatic carbocycles. The third-order valence-corrected chi connectivity index (χ3v) is 3.58. The van der Waals surface area contributed by atoms with E-state index in [9.17, 15) is 0 Å². The Morgan fingerprint density at radius 2 is 1.95 bits per heavy atom. The van der Waals surface area contributed by atoms with Crippen molar-refractivity contribution in [1.29, 1.82) is 0 Å². The molecule has 3 rings (SSSR count).